The standard InChI is InChI=1S/C10H7N3OS/c11-6-7(8-2-1-5-15-8)9(14)10-12-3-4-13-10/h1-5,7H,(H,12,13). The van der Waals surface area contributed by atoms with Gasteiger partial charge in [-0.25, -0.2) is 4.98 Å². The van der Waals surface area contributed by atoms with Crippen LogP contribution in [0, 0.1) is 11.3 Å². The highest BCUT2D eigenvalue weighted by atomic mass is 32.1. The number of imidazole rings is 1. The van der Waals surface area contributed by atoms with Crippen molar-refractivity contribution in [2.45, 2.75) is 5.92 Å². The van der Waals surface area contributed by atoms with E-state index >= 15 is 0 Å². The van der Waals surface area contributed by atoms with Crippen LogP contribution in [-0.2, 0) is 0 Å². The minimum atomic E-state index is -0.754. The van der Waals surface area contributed by atoms with E-state index in [0.29, 0.717) is 0 Å². The summed E-state index contributed by atoms with van der Waals surface area (Å²) in [6, 6.07) is 5.59. The number of carbonyl (C=O) groups is 1. The summed E-state index contributed by atoms with van der Waals surface area (Å²) in [4.78, 5) is 19.1. The Kier molecular flexibility index (Phi) is 2.61. The number of hydrogen-bond donors (Lipinski definition) is 1. The van der Waals surface area contributed by atoms with Gasteiger partial charge in [0.1, 0.15) is 5.92 Å². The Morgan fingerprint density at radius 2 is 2.53 bits per heavy atom. The van der Waals surface area contributed by atoms with E-state index in [-0.39, 0.29) is 11.6 Å². The summed E-state index contributed by atoms with van der Waals surface area (Å²) < 4.78 is 0. The van der Waals surface area contributed by atoms with E-state index in [0.717, 1.165) is 4.88 Å². The number of H-pyrrole nitrogens is 1. The molecule has 0 fully saturated rings. The number of thiophene rings is 1. The van der Waals surface area contributed by atoms with E-state index in [1.807, 2.05) is 17.5 Å². The maximum Gasteiger partial charge on any atom is 0.220 e. The van der Waals surface area contributed by atoms with Crippen molar-refractivity contribution in [3.8, 4) is 6.07 Å². The lowest BCUT2D eigenvalue weighted by atomic mass is 10.0. The van der Waals surface area contributed by atoms with Crippen molar-refractivity contribution in [2.75, 3.05) is 0 Å². The summed E-state index contributed by atoms with van der Waals surface area (Å²) in [6.45, 7) is 0. The van der Waals surface area contributed by atoms with Crippen molar-refractivity contribution in [3.05, 3.63) is 40.6 Å². The summed E-state index contributed by atoms with van der Waals surface area (Å²) in [5.74, 6) is -0.809. The molecule has 1 unspecified atom stereocenters. The van der Waals surface area contributed by atoms with Gasteiger partial charge >= 0.3 is 0 Å². The molecule has 0 saturated carbocycles. The molecule has 74 valence electrons. The molecule has 0 aliphatic heterocycles. The van der Waals surface area contributed by atoms with Crippen molar-refractivity contribution >= 4 is 17.1 Å². The van der Waals surface area contributed by atoms with Crippen LogP contribution in [0.25, 0.3) is 0 Å². The molecule has 0 aliphatic carbocycles. The molecule has 0 amide bonds. The molecule has 4 nitrogen and oxygen atoms in total. The molecule has 0 aliphatic rings. The second kappa shape index (κ2) is 4.07. The van der Waals surface area contributed by atoms with E-state index in [9.17, 15) is 4.79 Å². The van der Waals surface area contributed by atoms with E-state index in [2.05, 4.69) is 9.97 Å². The number of ketones is 1. The quantitative estimate of drug-likeness (QED) is 0.799. The first-order chi connectivity index (χ1) is 7.33. The van der Waals surface area contributed by atoms with Gasteiger partial charge in [-0.1, -0.05) is 6.07 Å². The molecule has 2 aromatic heterocycles. The van der Waals surface area contributed by atoms with Gasteiger partial charge in [-0.3, -0.25) is 4.79 Å². The lowest BCUT2D eigenvalue weighted by Crippen LogP contribution is -2.11. The van der Waals surface area contributed by atoms with Crippen LogP contribution in [0.2, 0.25) is 0 Å². The molecule has 1 N–H and O–H groups in total. The zero-order valence-corrected chi connectivity index (χ0v) is 8.49. The largest absolute Gasteiger partial charge is 0.342 e. The lowest BCUT2D eigenvalue weighted by Gasteiger charge is -2.02. The van der Waals surface area contributed by atoms with Crippen LogP contribution < -0.4 is 0 Å². The van der Waals surface area contributed by atoms with Gasteiger partial charge in [0, 0.05) is 17.3 Å². The van der Waals surface area contributed by atoms with Crippen molar-refractivity contribution in [3.63, 3.8) is 0 Å². The Hall–Kier alpha value is -1.93. The van der Waals surface area contributed by atoms with Gasteiger partial charge < -0.3 is 4.98 Å². The molecule has 2 aromatic rings. The second-order valence-corrected chi connectivity index (χ2v) is 3.86. The van der Waals surface area contributed by atoms with E-state index < -0.39 is 5.92 Å². The van der Waals surface area contributed by atoms with Gasteiger partial charge in [-0.2, -0.15) is 5.26 Å². The molecule has 15 heavy (non-hydrogen) atoms. The molecule has 0 radical (unpaired) electrons. The number of aromatic nitrogens is 2. The smallest absolute Gasteiger partial charge is 0.220 e. The predicted octanol–water partition coefficient (Wildman–Crippen LogP) is 1.96. The number of nitriles is 1. The van der Waals surface area contributed by atoms with E-state index in [1.54, 1.807) is 12.3 Å². The third kappa shape index (κ3) is 1.80. The Balaban J connectivity index is 2.30. The Morgan fingerprint density at radius 1 is 1.67 bits per heavy atom. The number of nitrogens with one attached hydrogen (secondary N) is 1. The fourth-order valence-corrected chi connectivity index (χ4v) is 2.01. The van der Waals surface area contributed by atoms with E-state index in [1.165, 1.54) is 17.5 Å². The normalized spacial score (nSPS) is 11.9. The number of Topliss-reactive ketones (excluding diaryl/α,β-unsaturated/α-hetero) is 1. The molecule has 5 heteroatoms. The van der Waals surface area contributed by atoms with Gasteiger partial charge in [0.25, 0.3) is 0 Å². The van der Waals surface area contributed by atoms with Gasteiger partial charge in [-0.15, -0.1) is 11.3 Å². The highest BCUT2D eigenvalue weighted by Crippen LogP contribution is 2.23. The Morgan fingerprint density at radius 3 is 3.07 bits per heavy atom. The van der Waals surface area contributed by atoms with Gasteiger partial charge in [-0.05, 0) is 11.4 Å². The maximum atomic E-state index is 11.8. The van der Waals surface area contributed by atoms with Crippen LogP contribution in [0.15, 0.2) is 29.9 Å². The van der Waals surface area contributed by atoms with E-state index in [4.69, 9.17) is 5.26 Å². The highest BCUT2D eigenvalue weighted by molar-refractivity contribution is 7.10. The van der Waals surface area contributed by atoms with Gasteiger partial charge in [0.15, 0.2) is 5.82 Å². The molecule has 0 bridgehead atoms. The number of carbonyl (C=O) groups excluding carboxylic acids is 1. The monoisotopic (exact) mass is 217 g/mol. The first-order valence-electron chi connectivity index (χ1n) is 4.29. The van der Waals surface area contributed by atoms with Gasteiger partial charge in [0.2, 0.25) is 5.78 Å². The number of nitrogens with zero attached hydrogens (tertiary/aromatic N) is 2. The van der Waals surface area contributed by atoms with Crippen molar-refractivity contribution < 1.29 is 4.79 Å². The van der Waals surface area contributed by atoms with Crippen LogP contribution in [-0.4, -0.2) is 15.8 Å². The van der Waals surface area contributed by atoms with Crippen LogP contribution in [0.1, 0.15) is 21.4 Å². The summed E-state index contributed by atoms with van der Waals surface area (Å²) in [5.41, 5.74) is 0. The van der Waals surface area contributed by atoms with Crippen LogP contribution >= 0.6 is 11.3 Å². The highest BCUT2D eigenvalue weighted by Gasteiger charge is 2.24. The number of hydrogen-bond acceptors (Lipinski definition) is 4. The van der Waals surface area contributed by atoms with Crippen molar-refractivity contribution in [2.24, 2.45) is 0 Å². The van der Waals surface area contributed by atoms with Crippen LogP contribution in [0.4, 0.5) is 0 Å². The summed E-state index contributed by atoms with van der Waals surface area (Å²) in [6.07, 6.45) is 3.06. The molecule has 0 aromatic carbocycles. The zero-order chi connectivity index (χ0) is 10.7. The average molecular weight is 217 g/mol. The Bertz CT molecular complexity index is 481. The average Bonchev–Trinajstić information content (AvgIpc) is 2.91. The third-order valence-corrected chi connectivity index (χ3v) is 2.89. The molecular weight excluding hydrogens is 210 g/mol. The topological polar surface area (TPSA) is 69.5 Å². The number of aromatic amines is 1. The summed E-state index contributed by atoms with van der Waals surface area (Å²) in [5, 5.41) is 10.8. The second-order valence-electron chi connectivity index (χ2n) is 2.88. The lowest BCUT2D eigenvalue weighted by molar-refractivity contribution is 0.0971. The van der Waals surface area contributed by atoms with Crippen LogP contribution in [0.5, 0.6) is 0 Å². The third-order valence-electron chi connectivity index (χ3n) is 1.95. The predicted molar refractivity (Wildman–Crippen MR) is 55.6 cm³/mol. The minimum absolute atomic E-state index is 0.231. The van der Waals surface area contributed by atoms with Crippen LogP contribution in [0.3, 0.4) is 0 Å². The SMILES string of the molecule is N#CC(C(=O)c1ncc[nH]1)c1cccs1. The molecule has 0 spiro atoms. The summed E-state index contributed by atoms with van der Waals surface area (Å²) >= 11 is 1.40. The molecule has 2 heterocycles. The zero-order valence-electron chi connectivity index (χ0n) is 7.68. The molecular formula is C10H7N3OS. The fraction of sp³-hybridized carbons (Fsp3) is 0.100. The fourth-order valence-electron chi connectivity index (χ4n) is 1.24. The molecule has 0 saturated heterocycles. The maximum absolute atomic E-state index is 11.8. The van der Waals surface area contributed by atoms with Crippen molar-refractivity contribution in [1.29, 1.82) is 5.26 Å². The van der Waals surface area contributed by atoms with Crippen molar-refractivity contribution in [1.82, 2.24) is 9.97 Å². The minimum Gasteiger partial charge on any atom is -0.342 e. The molecule has 1 atom stereocenters. The first-order valence-corrected chi connectivity index (χ1v) is 5.17. The summed E-state index contributed by atoms with van der Waals surface area (Å²) in [7, 11) is 0. The first kappa shape index (κ1) is 9.62. The van der Waals surface area contributed by atoms with Gasteiger partial charge in [0.05, 0.1) is 6.07 Å². The number of rotatable bonds is 3. The Labute approximate surface area is 90.2 Å². The molecule has 2 rings (SSSR count).